The number of nitrogens with one attached hydrogen (secondary N) is 1. The van der Waals surface area contributed by atoms with Gasteiger partial charge in [-0.25, -0.2) is 0 Å². The van der Waals surface area contributed by atoms with Crippen molar-refractivity contribution in [3.05, 3.63) is 64.7 Å². The van der Waals surface area contributed by atoms with Crippen LogP contribution in [0.1, 0.15) is 41.6 Å². The summed E-state index contributed by atoms with van der Waals surface area (Å²) in [5.41, 5.74) is 5.95. The van der Waals surface area contributed by atoms with Gasteiger partial charge in [0.25, 0.3) is 0 Å². The molecule has 0 aliphatic heterocycles. The summed E-state index contributed by atoms with van der Waals surface area (Å²) in [6, 6.07) is 16.3. The third-order valence-corrected chi connectivity index (χ3v) is 5.42. The zero-order chi connectivity index (χ0) is 14.7. The van der Waals surface area contributed by atoms with E-state index < -0.39 is 0 Å². The Morgan fingerprint density at radius 3 is 2.81 bits per heavy atom. The molecule has 110 valence electrons. The molecule has 0 saturated carbocycles. The molecule has 0 spiro atoms. The van der Waals surface area contributed by atoms with Crippen LogP contribution >= 0.6 is 11.8 Å². The van der Waals surface area contributed by atoms with E-state index in [4.69, 9.17) is 0 Å². The van der Waals surface area contributed by atoms with Gasteiger partial charge in [-0.3, -0.25) is 0 Å². The van der Waals surface area contributed by atoms with Gasteiger partial charge in [0, 0.05) is 16.7 Å². The highest BCUT2D eigenvalue weighted by molar-refractivity contribution is 7.98. The zero-order valence-corrected chi connectivity index (χ0v) is 13.7. The van der Waals surface area contributed by atoms with Crippen LogP contribution in [0.2, 0.25) is 0 Å². The Bertz CT molecular complexity index is 621. The van der Waals surface area contributed by atoms with E-state index in [-0.39, 0.29) is 0 Å². The lowest BCUT2D eigenvalue weighted by atomic mass is 10.1. The van der Waals surface area contributed by atoms with Gasteiger partial charge in [-0.2, -0.15) is 0 Å². The second-order valence-electron chi connectivity index (χ2n) is 5.83. The molecule has 1 N–H and O–H groups in total. The Morgan fingerprint density at radius 2 is 1.95 bits per heavy atom. The molecule has 0 heterocycles. The molecule has 2 aromatic rings. The SMILES string of the molecule is CNC(C)c1cccc(SCc2ccc3c(c2)CCC3)c1. The molecule has 21 heavy (non-hydrogen) atoms. The van der Waals surface area contributed by atoms with E-state index >= 15 is 0 Å². The van der Waals surface area contributed by atoms with Gasteiger partial charge in [-0.15, -0.1) is 11.8 Å². The number of thioether (sulfide) groups is 1. The predicted octanol–water partition coefficient (Wildman–Crippen LogP) is 4.75. The highest BCUT2D eigenvalue weighted by atomic mass is 32.2. The third-order valence-electron chi connectivity index (χ3n) is 4.36. The van der Waals surface area contributed by atoms with E-state index in [9.17, 15) is 0 Å². The second-order valence-corrected chi connectivity index (χ2v) is 6.88. The van der Waals surface area contributed by atoms with Crippen molar-refractivity contribution in [2.75, 3.05) is 7.05 Å². The van der Waals surface area contributed by atoms with E-state index in [2.05, 4.69) is 54.7 Å². The Balaban J connectivity index is 1.67. The van der Waals surface area contributed by atoms with E-state index in [0.717, 1.165) is 5.75 Å². The van der Waals surface area contributed by atoms with Crippen molar-refractivity contribution in [1.82, 2.24) is 5.32 Å². The average Bonchev–Trinajstić information content (AvgIpc) is 3.00. The lowest BCUT2D eigenvalue weighted by Crippen LogP contribution is -2.11. The van der Waals surface area contributed by atoms with Gasteiger partial charge < -0.3 is 5.32 Å². The van der Waals surface area contributed by atoms with Crippen molar-refractivity contribution in [3.8, 4) is 0 Å². The maximum Gasteiger partial charge on any atom is 0.0289 e. The normalized spacial score (nSPS) is 15.0. The van der Waals surface area contributed by atoms with E-state index in [1.165, 1.54) is 35.3 Å². The molecule has 3 rings (SSSR count). The Morgan fingerprint density at radius 1 is 1.10 bits per heavy atom. The maximum atomic E-state index is 3.30. The monoisotopic (exact) mass is 297 g/mol. The molecule has 2 aromatic carbocycles. The third kappa shape index (κ3) is 3.50. The van der Waals surface area contributed by atoms with Crippen molar-refractivity contribution < 1.29 is 0 Å². The first-order valence-electron chi connectivity index (χ1n) is 7.77. The molecule has 1 aliphatic carbocycles. The van der Waals surface area contributed by atoms with Crippen molar-refractivity contribution in [2.45, 2.75) is 42.9 Å². The van der Waals surface area contributed by atoms with Gasteiger partial charge in [-0.1, -0.05) is 30.3 Å². The minimum Gasteiger partial charge on any atom is -0.313 e. The molecule has 1 unspecified atom stereocenters. The van der Waals surface area contributed by atoms with Gasteiger partial charge >= 0.3 is 0 Å². The maximum absolute atomic E-state index is 3.30. The van der Waals surface area contributed by atoms with Gasteiger partial charge in [-0.05, 0) is 67.6 Å². The number of aryl methyl sites for hydroxylation is 2. The molecule has 2 heteroatoms. The van der Waals surface area contributed by atoms with Crippen LogP contribution in [0.25, 0.3) is 0 Å². The molecule has 1 nitrogen and oxygen atoms in total. The Labute approximate surface area is 132 Å². The Kier molecular flexibility index (Phi) is 4.67. The second kappa shape index (κ2) is 6.67. The number of rotatable bonds is 5. The molecule has 1 atom stereocenters. The molecule has 0 aromatic heterocycles. The van der Waals surface area contributed by atoms with E-state index in [1.807, 2.05) is 18.8 Å². The van der Waals surface area contributed by atoms with Crippen LogP contribution < -0.4 is 5.32 Å². The summed E-state index contributed by atoms with van der Waals surface area (Å²) in [7, 11) is 2.01. The number of benzene rings is 2. The molecule has 1 aliphatic rings. The number of hydrogen-bond acceptors (Lipinski definition) is 2. The van der Waals surface area contributed by atoms with Crippen LogP contribution in [0.4, 0.5) is 0 Å². The molecule has 0 fully saturated rings. The first-order valence-corrected chi connectivity index (χ1v) is 8.75. The number of hydrogen-bond donors (Lipinski definition) is 1. The molecule has 0 saturated heterocycles. The lowest BCUT2D eigenvalue weighted by molar-refractivity contribution is 0.651. The quantitative estimate of drug-likeness (QED) is 0.799. The fraction of sp³-hybridized carbons (Fsp3) is 0.368. The van der Waals surface area contributed by atoms with Crippen LogP contribution in [0.15, 0.2) is 47.4 Å². The summed E-state index contributed by atoms with van der Waals surface area (Å²) < 4.78 is 0. The van der Waals surface area contributed by atoms with Crippen LogP contribution in [-0.4, -0.2) is 7.05 Å². The molecule has 0 radical (unpaired) electrons. The topological polar surface area (TPSA) is 12.0 Å². The van der Waals surface area contributed by atoms with Gasteiger partial charge in [0.15, 0.2) is 0 Å². The van der Waals surface area contributed by atoms with Crippen molar-refractivity contribution in [1.29, 1.82) is 0 Å². The highest BCUT2D eigenvalue weighted by Crippen LogP contribution is 2.28. The summed E-state index contributed by atoms with van der Waals surface area (Å²) >= 11 is 1.93. The smallest absolute Gasteiger partial charge is 0.0289 e. The standard InChI is InChI=1S/C19H23NS/c1-14(20-2)17-6-4-8-19(12-17)21-13-15-9-10-16-5-3-7-18(16)11-15/h4,6,8-12,14,20H,3,5,7,13H2,1-2H3. The minimum atomic E-state index is 0.408. The van der Waals surface area contributed by atoms with Crippen LogP contribution in [-0.2, 0) is 18.6 Å². The van der Waals surface area contributed by atoms with Crippen LogP contribution in [0, 0.1) is 0 Å². The summed E-state index contributed by atoms with van der Waals surface area (Å²) in [5.74, 6) is 1.06. The fourth-order valence-corrected chi connectivity index (χ4v) is 3.83. The summed E-state index contributed by atoms with van der Waals surface area (Å²) in [6.07, 6.45) is 3.87. The largest absolute Gasteiger partial charge is 0.313 e. The van der Waals surface area contributed by atoms with Crippen molar-refractivity contribution >= 4 is 11.8 Å². The van der Waals surface area contributed by atoms with Gasteiger partial charge in [0.05, 0.1) is 0 Å². The summed E-state index contributed by atoms with van der Waals surface area (Å²) in [6.45, 7) is 2.20. The van der Waals surface area contributed by atoms with E-state index in [1.54, 1.807) is 11.1 Å². The van der Waals surface area contributed by atoms with Crippen LogP contribution in [0.3, 0.4) is 0 Å². The highest BCUT2D eigenvalue weighted by Gasteiger charge is 2.11. The minimum absolute atomic E-state index is 0.408. The fourth-order valence-electron chi connectivity index (χ4n) is 2.92. The lowest BCUT2D eigenvalue weighted by Gasteiger charge is -2.12. The summed E-state index contributed by atoms with van der Waals surface area (Å²) in [5, 5.41) is 3.30. The molecule has 0 amide bonds. The molecular formula is C19H23NS. The van der Waals surface area contributed by atoms with Crippen LogP contribution in [0.5, 0.6) is 0 Å². The molecule has 0 bridgehead atoms. The summed E-state index contributed by atoms with van der Waals surface area (Å²) in [4.78, 5) is 1.36. The van der Waals surface area contributed by atoms with Gasteiger partial charge in [0.1, 0.15) is 0 Å². The zero-order valence-electron chi connectivity index (χ0n) is 12.9. The van der Waals surface area contributed by atoms with Crippen molar-refractivity contribution in [2.24, 2.45) is 0 Å². The first kappa shape index (κ1) is 14.7. The van der Waals surface area contributed by atoms with Gasteiger partial charge in [0.2, 0.25) is 0 Å². The Hall–Kier alpha value is -1.25. The predicted molar refractivity (Wildman–Crippen MR) is 91.9 cm³/mol. The van der Waals surface area contributed by atoms with E-state index in [0.29, 0.717) is 6.04 Å². The number of fused-ring (bicyclic) bond motifs is 1. The first-order chi connectivity index (χ1) is 10.3. The van der Waals surface area contributed by atoms with Crippen molar-refractivity contribution in [3.63, 3.8) is 0 Å². The average molecular weight is 297 g/mol. The molecular weight excluding hydrogens is 274 g/mol.